The standard InChI is InChI=1S/C7H14FNO2/c1-10-6-4-9-3-5(8)7(6)11-2/h5-7,9H,3-4H2,1-2H3/t5-,6+,7-/m0/s1. The van der Waals surface area contributed by atoms with Gasteiger partial charge >= 0.3 is 0 Å². The van der Waals surface area contributed by atoms with Gasteiger partial charge in [0.2, 0.25) is 0 Å². The van der Waals surface area contributed by atoms with Crippen molar-refractivity contribution in [3.05, 3.63) is 0 Å². The molecule has 0 unspecified atom stereocenters. The molecule has 0 aromatic carbocycles. The minimum atomic E-state index is -0.960. The van der Waals surface area contributed by atoms with E-state index in [9.17, 15) is 4.39 Å². The van der Waals surface area contributed by atoms with Gasteiger partial charge in [0.1, 0.15) is 12.3 Å². The van der Waals surface area contributed by atoms with Gasteiger partial charge in [-0.15, -0.1) is 0 Å². The van der Waals surface area contributed by atoms with Gasteiger partial charge in [-0.1, -0.05) is 0 Å². The van der Waals surface area contributed by atoms with Gasteiger partial charge < -0.3 is 14.8 Å². The van der Waals surface area contributed by atoms with Crippen molar-refractivity contribution >= 4 is 0 Å². The predicted octanol–water partition coefficient (Wildman–Crippen LogP) is -0.0423. The Kier molecular flexibility index (Phi) is 3.23. The highest BCUT2D eigenvalue weighted by molar-refractivity contribution is 4.86. The average molecular weight is 163 g/mol. The van der Waals surface area contributed by atoms with Crippen LogP contribution >= 0.6 is 0 Å². The average Bonchev–Trinajstić information content (AvgIpc) is 2.04. The molecule has 66 valence electrons. The normalized spacial score (nSPS) is 39.0. The molecule has 1 fully saturated rings. The number of ether oxygens (including phenoxy) is 2. The maximum absolute atomic E-state index is 13.0. The quantitative estimate of drug-likeness (QED) is 0.619. The topological polar surface area (TPSA) is 30.5 Å². The number of halogens is 1. The van der Waals surface area contributed by atoms with Gasteiger partial charge in [0.15, 0.2) is 0 Å². The Balaban J connectivity index is 2.48. The van der Waals surface area contributed by atoms with E-state index in [1.54, 1.807) is 7.11 Å². The second-order valence-electron chi connectivity index (χ2n) is 2.65. The van der Waals surface area contributed by atoms with E-state index in [-0.39, 0.29) is 6.10 Å². The summed E-state index contributed by atoms with van der Waals surface area (Å²) in [5.74, 6) is 0. The van der Waals surface area contributed by atoms with E-state index < -0.39 is 12.3 Å². The molecule has 0 aliphatic carbocycles. The van der Waals surface area contributed by atoms with Gasteiger partial charge in [0.25, 0.3) is 0 Å². The molecule has 0 amide bonds. The van der Waals surface area contributed by atoms with E-state index in [0.717, 1.165) is 0 Å². The largest absolute Gasteiger partial charge is 0.377 e. The van der Waals surface area contributed by atoms with Crippen LogP contribution in [0.3, 0.4) is 0 Å². The smallest absolute Gasteiger partial charge is 0.141 e. The zero-order valence-electron chi connectivity index (χ0n) is 6.84. The summed E-state index contributed by atoms with van der Waals surface area (Å²) in [6.45, 7) is 1.02. The predicted molar refractivity (Wildman–Crippen MR) is 39.4 cm³/mol. The zero-order valence-corrected chi connectivity index (χ0v) is 6.84. The molecule has 3 atom stereocenters. The molecule has 1 aliphatic heterocycles. The van der Waals surface area contributed by atoms with Crippen molar-refractivity contribution in [2.24, 2.45) is 0 Å². The Morgan fingerprint density at radius 1 is 1.27 bits per heavy atom. The lowest BCUT2D eigenvalue weighted by Crippen LogP contribution is -2.53. The molecule has 1 saturated heterocycles. The lowest BCUT2D eigenvalue weighted by atomic mass is 10.1. The second-order valence-corrected chi connectivity index (χ2v) is 2.65. The lowest BCUT2D eigenvalue weighted by Gasteiger charge is -2.32. The number of nitrogens with one attached hydrogen (secondary N) is 1. The van der Waals surface area contributed by atoms with E-state index in [0.29, 0.717) is 13.1 Å². The summed E-state index contributed by atoms with van der Waals surface area (Å²) in [7, 11) is 3.07. The minimum absolute atomic E-state index is 0.163. The van der Waals surface area contributed by atoms with Crippen LogP contribution in [0.5, 0.6) is 0 Å². The number of hydrogen-bond acceptors (Lipinski definition) is 3. The SMILES string of the molecule is CO[C@H]1[C@@H](F)CNC[C@H]1OC. The summed E-state index contributed by atoms with van der Waals surface area (Å²) in [6.07, 6.45) is -1.54. The molecule has 0 saturated carbocycles. The number of rotatable bonds is 2. The van der Waals surface area contributed by atoms with Crippen LogP contribution in [-0.4, -0.2) is 45.7 Å². The summed E-state index contributed by atoms with van der Waals surface area (Å²) in [6, 6.07) is 0. The number of hydrogen-bond donors (Lipinski definition) is 1. The highest BCUT2D eigenvalue weighted by Gasteiger charge is 2.33. The summed E-state index contributed by atoms with van der Waals surface area (Å²) in [5, 5.41) is 2.92. The van der Waals surface area contributed by atoms with Crippen molar-refractivity contribution in [2.45, 2.75) is 18.4 Å². The van der Waals surface area contributed by atoms with Crippen LogP contribution in [0.1, 0.15) is 0 Å². The van der Waals surface area contributed by atoms with E-state index in [2.05, 4.69) is 5.32 Å². The van der Waals surface area contributed by atoms with Crippen molar-refractivity contribution in [2.75, 3.05) is 27.3 Å². The molecule has 0 bridgehead atoms. The van der Waals surface area contributed by atoms with Crippen LogP contribution in [0.2, 0.25) is 0 Å². The van der Waals surface area contributed by atoms with Crippen LogP contribution in [-0.2, 0) is 9.47 Å². The number of piperidine rings is 1. The Hall–Kier alpha value is -0.190. The lowest BCUT2D eigenvalue weighted by molar-refractivity contribution is -0.0857. The maximum atomic E-state index is 13.0. The van der Waals surface area contributed by atoms with Gasteiger partial charge in [-0.3, -0.25) is 0 Å². The molecule has 0 spiro atoms. The summed E-state index contributed by atoms with van der Waals surface area (Å²) in [4.78, 5) is 0. The molecule has 1 heterocycles. The van der Waals surface area contributed by atoms with Crippen LogP contribution in [0.15, 0.2) is 0 Å². The van der Waals surface area contributed by atoms with Crippen molar-refractivity contribution in [1.29, 1.82) is 0 Å². The monoisotopic (exact) mass is 163 g/mol. The molecule has 1 rings (SSSR count). The number of methoxy groups -OCH3 is 2. The molecule has 1 N–H and O–H groups in total. The first-order valence-corrected chi connectivity index (χ1v) is 3.70. The van der Waals surface area contributed by atoms with Crippen LogP contribution in [0, 0.1) is 0 Å². The highest BCUT2D eigenvalue weighted by Crippen LogP contribution is 2.13. The Morgan fingerprint density at radius 3 is 2.45 bits per heavy atom. The fourth-order valence-corrected chi connectivity index (χ4v) is 1.35. The number of alkyl halides is 1. The molecular weight excluding hydrogens is 149 g/mol. The molecule has 0 aromatic rings. The van der Waals surface area contributed by atoms with Crippen molar-refractivity contribution in [1.82, 2.24) is 5.32 Å². The van der Waals surface area contributed by atoms with Crippen LogP contribution < -0.4 is 5.32 Å². The van der Waals surface area contributed by atoms with Crippen molar-refractivity contribution in [3.63, 3.8) is 0 Å². The molecule has 3 nitrogen and oxygen atoms in total. The Morgan fingerprint density at radius 2 is 2.00 bits per heavy atom. The van der Waals surface area contributed by atoms with Crippen molar-refractivity contribution < 1.29 is 13.9 Å². The third-order valence-corrected chi connectivity index (χ3v) is 1.98. The van der Waals surface area contributed by atoms with Gasteiger partial charge in [-0.25, -0.2) is 4.39 Å². The van der Waals surface area contributed by atoms with Crippen LogP contribution in [0.25, 0.3) is 0 Å². The van der Waals surface area contributed by atoms with Gasteiger partial charge in [0.05, 0.1) is 6.10 Å². The fraction of sp³-hybridized carbons (Fsp3) is 1.00. The van der Waals surface area contributed by atoms with Crippen LogP contribution in [0.4, 0.5) is 4.39 Å². The molecule has 0 radical (unpaired) electrons. The third kappa shape index (κ3) is 1.89. The van der Waals surface area contributed by atoms with Gasteiger partial charge in [0, 0.05) is 27.3 Å². The van der Waals surface area contributed by atoms with Gasteiger partial charge in [-0.05, 0) is 0 Å². The van der Waals surface area contributed by atoms with E-state index in [1.165, 1.54) is 7.11 Å². The van der Waals surface area contributed by atoms with E-state index in [1.807, 2.05) is 0 Å². The first-order valence-electron chi connectivity index (χ1n) is 3.70. The fourth-order valence-electron chi connectivity index (χ4n) is 1.35. The molecule has 4 heteroatoms. The Bertz CT molecular complexity index is 123. The van der Waals surface area contributed by atoms with E-state index in [4.69, 9.17) is 9.47 Å². The minimum Gasteiger partial charge on any atom is -0.377 e. The summed E-state index contributed by atoms with van der Waals surface area (Å²) < 4.78 is 23.0. The van der Waals surface area contributed by atoms with Crippen molar-refractivity contribution in [3.8, 4) is 0 Å². The Labute approximate surface area is 65.9 Å². The molecular formula is C7H14FNO2. The first-order chi connectivity index (χ1) is 5.29. The first kappa shape index (κ1) is 8.90. The maximum Gasteiger partial charge on any atom is 0.141 e. The second kappa shape index (κ2) is 3.99. The third-order valence-electron chi connectivity index (χ3n) is 1.98. The molecule has 11 heavy (non-hydrogen) atoms. The summed E-state index contributed by atoms with van der Waals surface area (Å²) >= 11 is 0. The van der Waals surface area contributed by atoms with Gasteiger partial charge in [-0.2, -0.15) is 0 Å². The highest BCUT2D eigenvalue weighted by atomic mass is 19.1. The molecule has 0 aromatic heterocycles. The van der Waals surface area contributed by atoms with E-state index >= 15 is 0 Å². The summed E-state index contributed by atoms with van der Waals surface area (Å²) in [5.41, 5.74) is 0. The zero-order chi connectivity index (χ0) is 8.27. The molecule has 1 aliphatic rings.